The maximum absolute atomic E-state index is 13.2. The van der Waals surface area contributed by atoms with Gasteiger partial charge in [0.25, 0.3) is 0 Å². The van der Waals surface area contributed by atoms with Gasteiger partial charge in [-0.15, -0.1) is 0 Å². The van der Waals surface area contributed by atoms with Crippen molar-refractivity contribution in [3.63, 3.8) is 0 Å². The second kappa shape index (κ2) is 5.57. The molecule has 110 valence electrons. The van der Waals surface area contributed by atoms with Crippen LogP contribution in [0.3, 0.4) is 0 Å². The van der Waals surface area contributed by atoms with Crippen LogP contribution in [-0.2, 0) is 9.84 Å². The van der Waals surface area contributed by atoms with Crippen LogP contribution in [-0.4, -0.2) is 14.2 Å². The molecule has 0 aliphatic carbocycles. The van der Waals surface area contributed by atoms with E-state index >= 15 is 0 Å². The second-order valence-corrected chi connectivity index (χ2v) is 8.21. The van der Waals surface area contributed by atoms with Crippen molar-refractivity contribution in [1.82, 2.24) is 0 Å². The molecule has 0 amide bonds. The van der Waals surface area contributed by atoms with Crippen LogP contribution < -0.4 is 5.32 Å². The van der Waals surface area contributed by atoms with Gasteiger partial charge < -0.3 is 5.32 Å². The molecule has 6 heteroatoms. The molecule has 0 fully saturated rings. The highest BCUT2D eigenvalue weighted by Crippen LogP contribution is 2.35. The van der Waals surface area contributed by atoms with E-state index < -0.39 is 9.84 Å². The van der Waals surface area contributed by atoms with Gasteiger partial charge in [0.2, 0.25) is 0 Å². The number of sulfone groups is 1. The smallest absolute Gasteiger partial charge is 0.178 e. The summed E-state index contributed by atoms with van der Waals surface area (Å²) in [6.45, 7) is 0. The number of hydrogen-bond acceptors (Lipinski definition) is 3. The van der Waals surface area contributed by atoms with E-state index in [0.717, 1.165) is 14.8 Å². The van der Waals surface area contributed by atoms with Crippen molar-refractivity contribution in [3.8, 4) is 0 Å². The Morgan fingerprint density at radius 2 is 1.95 bits per heavy atom. The summed E-state index contributed by atoms with van der Waals surface area (Å²) in [6.07, 6.45) is 0.507. The molecule has 0 radical (unpaired) electrons. The summed E-state index contributed by atoms with van der Waals surface area (Å²) >= 11 is 2.07. The monoisotopic (exact) mass is 417 g/mol. The number of hydrogen-bond donors (Lipinski definition) is 1. The Kier molecular flexibility index (Phi) is 3.92. The number of benzene rings is 2. The van der Waals surface area contributed by atoms with Gasteiger partial charge >= 0.3 is 0 Å². The molecule has 0 spiro atoms. The highest BCUT2D eigenvalue weighted by atomic mass is 127. The lowest BCUT2D eigenvalue weighted by Crippen LogP contribution is -2.24. The molecular formula is C15H13FINO2S. The van der Waals surface area contributed by atoms with Gasteiger partial charge in [0.05, 0.1) is 16.7 Å². The number of anilines is 1. The number of halogens is 2. The van der Waals surface area contributed by atoms with E-state index in [1.807, 2.05) is 12.1 Å². The lowest BCUT2D eigenvalue weighted by molar-refractivity contribution is 0.576. The van der Waals surface area contributed by atoms with Gasteiger partial charge in [-0.2, -0.15) is 0 Å². The van der Waals surface area contributed by atoms with Crippen molar-refractivity contribution in [1.29, 1.82) is 0 Å². The molecule has 3 rings (SSSR count). The molecule has 1 aliphatic heterocycles. The summed E-state index contributed by atoms with van der Waals surface area (Å²) < 4.78 is 38.1. The minimum atomic E-state index is -3.19. The van der Waals surface area contributed by atoms with E-state index in [2.05, 4.69) is 27.9 Å². The molecule has 21 heavy (non-hydrogen) atoms. The van der Waals surface area contributed by atoms with Gasteiger partial charge in [-0.1, -0.05) is 18.2 Å². The first-order valence-electron chi connectivity index (χ1n) is 6.51. The van der Waals surface area contributed by atoms with Gasteiger partial charge in [0.15, 0.2) is 9.84 Å². The van der Waals surface area contributed by atoms with Crippen molar-refractivity contribution in [3.05, 3.63) is 57.4 Å². The lowest BCUT2D eigenvalue weighted by atomic mass is 10.0. The molecule has 1 N–H and O–H groups in total. The van der Waals surface area contributed by atoms with Crippen molar-refractivity contribution in [2.24, 2.45) is 0 Å². The van der Waals surface area contributed by atoms with E-state index in [-0.39, 0.29) is 17.6 Å². The first kappa shape index (κ1) is 14.8. The fourth-order valence-electron chi connectivity index (χ4n) is 2.53. The Morgan fingerprint density at radius 3 is 2.71 bits per heavy atom. The first-order chi connectivity index (χ1) is 9.97. The van der Waals surface area contributed by atoms with E-state index in [4.69, 9.17) is 0 Å². The summed E-state index contributed by atoms with van der Waals surface area (Å²) in [7, 11) is -3.19. The van der Waals surface area contributed by atoms with E-state index in [0.29, 0.717) is 11.3 Å². The van der Waals surface area contributed by atoms with E-state index in [1.54, 1.807) is 18.2 Å². The summed E-state index contributed by atoms with van der Waals surface area (Å²) in [5.74, 6) is -0.156. The predicted octanol–water partition coefficient (Wildman–Crippen LogP) is 3.76. The Morgan fingerprint density at radius 1 is 1.19 bits per heavy atom. The van der Waals surface area contributed by atoms with Crippen LogP contribution in [0.2, 0.25) is 0 Å². The Bertz CT molecular complexity index is 792. The topological polar surface area (TPSA) is 46.2 Å². The third-order valence-corrected chi connectivity index (χ3v) is 6.27. The van der Waals surface area contributed by atoms with Gasteiger partial charge in [0, 0.05) is 9.26 Å². The van der Waals surface area contributed by atoms with E-state index in [1.165, 1.54) is 12.1 Å². The molecule has 1 atom stereocenters. The van der Waals surface area contributed by atoms with Crippen molar-refractivity contribution in [2.45, 2.75) is 17.4 Å². The van der Waals surface area contributed by atoms with Gasteiger partial charge in [-0.25, -0.2) is 12.8 Å². The molecule has 2 aromatic carbocycles. The minimum absolute atomic E-state index is 0.0799. The second-order valence-electron chi connectivity index (χ2n) is 4.97. The Labute approximate surface area is 136 Å². The van der Waals surface area contributed by atoms with Gasteiger partial charge in [0.1, 0.15) is 5.82 Å². The fraction of sp³-hybridized carbons (Fsp3) is 0.200. The fourth-order valence-corrected chi connectivity index (χ4v) is 4.79. The molecule has 3 nitrogen and oxygen atoms in total. The quantitative estimate of drug-likeness (QED) is 0.758. The zero-order chi connectivity index (χ0) is 15.0. The lowest BCUT2D eigenvalue weighted by Gasteiger charge is -2.27. The molecule has 1 aliphatic rings. The number of fused-ring (bicyclic) bond motifs is 1. The standard InChI is InChI=1S/C15H13FINO2S/c16-10-5-6-14(12(17)9-10)18-13-7-8-21(19,20)15-4-2-1-3-11(13)15/h1-6,9,13,18H,7-8H2. The van der Waals surface area contributed by atoms with Gasteiger partial charge in [-0.3, -0.25) is 0 Å². The highest BCUT2D eigenvalue weighted by Gasteiger charge is 2.30. The third-order valence-electron chi connectivity index (χ3n) is 3.57. The largest absolute Gasteiger partial charge is 0.377 e. The summed E-state index contributed by atoms with van der Waals surface area (Å²) in [4.78, 5) is 0.394. The van der Waals surface area contributed by atoms with Crippen LogP contribution in [0.15, 0.2) is 47.4 Å². The molecular weight excluding hydrogens is 404 g/mol. The Hall–Kier alpha value is -1.15. The summed E-state index contributed by atoms with van der Waals surface area (Å²) in [5.41, 5.74) is 1.60. The summed E-state index contributed by atoms with van der Waals surface area (Å²) in [6, 6.07) is 11.5. The average Bonchev–Trinajstić information content (AvgIpc) is 2.45. The normalized spacial score (nSPS) is 19.8. The van der Waals surface area contributed by atoms with Crippen molar-refractivity contribution >= 4 is 38.1 Å². The van der Waals surface area contributed by atoms with Crippen LogP contribution in [0.4, 0.5) is 10.1 Å². The maximum atomic E-state index is 13.2. The highest BCUT2D eigenvalue weighted by molar-refractivity contribution is 14.1. The minimum Gasteiger partial charge on any atom is -0.377 e. The van der Waals surface area contributed by atoms with Crippen LogP contribution in [0.5, 0.6) is 0 Å². The van der Waals surface area contributed by atoms with Crippen molar-refractivity contribution in [2.75, 3.05) is 11.1 Å². The maximum Gasteiger partial charge on any atom is 0.178 e. The third kappa shape index (κ3) is 2.91. The molecule has 0 aromatic heterocycles. The molecule has 1 heterocycles. The van der Waals surface area contributed by atoms with Crippen LogP contribution in [0.1, 0.15) is 18.0 Å². The molecule has 0 saturated heterocycles. The molecule has 0 saturated carbocycles. The Balaban J connectivity index is 1.97. The van der Waals surface area contributed by atoms with E-state index in [9.17, 15) is 12.8 Å². The average molecular weight is 417 g/mol. The predicted molar refractivity (Wildman–Crippen MR) is 88.6 cm³/mol. The zero-order valence-corrected chi connectivity index (χ0v) is 14.0. The number of rotatable bonds is 2. The summed E-state index contributed by atoms with van der Waals surface area (Å²) in [5, 5.41) is 3.33. The molecule has 2 aromatic rings. The van der Waals surface area contributed by atoms with Crippen LogP contribution in [0, 0.1) is 9.39 Å². The van der Waals surface area contributed by atoms with Crippen LogP contribution >= 0.6 is 22.6 Å². The van der Waals surface area contributed by atoms with Crippen LogP contribution in [0.25, 0.3) is 0 Å². The number of nitrogens with one attached hydrogen (secondary N) is 1. The van der Waals surface area contributed by atoms with Gasteiger partial charge in [-0.05, 0) is 58.8 Å². The van der Waals surface area contributed by atoms with Crippen molar-refractivity contribution < 1.29 is 12.8 Å². The SMILES string of the molecule is O=S1(=O)CCC(Nc2ccc(F)cc2I)c2ccccc21. The first-order valence-corrected chi connectivity index (χ1v) is 9.24. The molecule has 0 bridgehead atoms. The molecule has 1 unspecified atom stereocenters. The zero-order valence-electron chi connectivity index (χ0n) is 11.0.